The van der Waals surface area contributed by atoms with Gasteiger partial charge in [-0.05, 0) is 37.4 Å². The zero-order valence-corrected chi connectivity index (χ0v) is 15.1. The minimum absolute atomic E-state index is 0.126. The van der Waals surface area contributed by atoms with Crippen LogP contribution in [0.25, 0.3) is 0 Å². The number of rotatable bonds is 6. The maximum atomic E-state index is 13.6. The van der Waals surface area contributed by atoms with Gasteiger partial charge in [0.15, 0.2) is 0 Å². The third-order valence-electron chi connectivity index (χ3n) is 4.72. The van der Waals surface area contributed by atoms with Gasteiger partial charge in [-0.1, -0.05) is 42.5 Å². The summed E-state index contributed by atoms with van der Waals surface area (Å²) in [6, 6.07) is 16.0. The number of carbonyl (C=O) groups is 1. The van der Waals surface area contributed by atoms with Crippen LogP contribution in [-0.2, 0) is 4.79 Å². The van der Waals surface area contributed by atoms with Gasteiger partial charge in [0, 0.05) is 19.0 Å². The van der Waals surface area contributed by atoms with Crippen LogP contribution < -0.4 is 16.2 Å². The third-order valence-corrected chi connectivity index (χ3v) is 4.72. The Bertz CT molecular complexity index is 738. The number of hydrogen-bond donors (Lipinski definition) is 3. The first-order valence-electron chi connectivity index (χ1n) is 8.79. The molecule has 0 saturated carbocycles. The molecule has 26 heavy (non-hydrogen) atoms. The Labute approximate surface area is 153 Å². The molecule has 138 valence electrons. The fraction of sp³-hybridized carbons (Fsp3) is 0.350. The maximum absolute atomic E-state index is 13.6. The van der Waals surface area contributed by atoms with E-state index < -0.39 is 6.04 Å². The van der Waals surface area contributed by atoms with E-state index in [-0.39, 0.29) is 23.7 Å². The molecule has 2 aromatic rings. The van der Waals surface area contributed by atoms with Crippen LogP contribution in [0.1, 0.15) is 23.2 Å². The molecular weight excluding hydrogens is 331 g/mol. The number of halogens is 1. The number of hydrogen-bond acceptors (Lipinski definition) is 4. The van der Waals surface area contributed by atoms with Crippen LogP contribution in [0.4, 0.5) is 4.39 Å². The first-order valence-corrected chi connectivity index (χ1v) is 8.79. The zero-order chi connectivity index (χ0) is 18.5. The summed E-state index contributed by atoms with van der Waals surface area (Å²) in [5.74, 6) is -0.230. The zero-order valence-electron chi connectivity index (χ0n) is 15.1. The van der Waals surface area contributed by atoms with Gasteiger partial charge in [0.25, 0.3) is 0 Å². The molecule has 0 aromatic heterocycles. The van der Waals surface area contributed by atoms with E-state index in [9.17, 15) is 9.18 Å². The summed E-state index contributed by atoms with van der Waals surface area (Å²) in [6.07, 6.45) is 0. The number of likely N-dealkylation sites (N-methyl/N-ethyl adjacent to an activating group) is 1. The molecule has 1 fully saturated rings. The fourth-order valence-corrected chi connectivity index (χ4v) is 3.43. The van der Waals surface area contributed by atoms with Crippen molar-refractivity contribution < 1.29 is 9.18 Å². The Morgan fingerprint density at radius 1 is 1.23 bits per heavy atom. The number of nitrogens with zero attached hydrogens (tertiary/aromatic N) is 1. The molecule has 1 saturated heterocycles. The predicted octanol–water partition coefficient (Wildman–Crippen LogP) is 2.01. The van der Waals surface area contributed by atoms with Gasteiger partial charge in [0.1, 0.15) is 11.9 Å². The van der Waals surface area contributed by atoms with Crippen molar-refractivity contribution >= 4 is 5.91 Å². The smallest absolute Gasteiger partial charge is 0.241 e. The highest BCUT2D eigenvalue weighted by Crippen LogP contribution is 2.25. The molecule has 0 spiro atoms. The highest BCUT2D eigenvalue weighted by atomic mass is 19.1. The first-order chi connectivity index (χ1) is 12.6. The van der Waals surface area contributed by atoms with Crippen molar-refractivity contribution in [1.82, 2.24) is 21.1 Å². The lowest BCUT2D eigenvalue weighted by Gasteiger charge is -2.25. The van der Waals surface area contributed by atoms with Gasteiger partial charge in [-0.3, -0.25) is 15.1 Å². The minimum Gasteiger partial charge on any atom is -0.354 e. The standard InChI is InChI=1S/C20H25FN4O/c1-25(2)19(15-9-6-10-17(21)11-15)20(26)22-12-16-13-23-24-18(16)14-7-4-3-5-8-14/h3-11,16,18-19,23-24H,12-13H2,1-2H3,(H,22,26). The van der Waals surface area contributed by atoms with Crippen LogP contribution >= 0.6 is 0 Å². The highest BCUT2D eigenvalue weighted by Gasteiger charge is 2.30. The topological polar surface area (TPSA) is 56.4 Å². The maximum Gasteiger partial charge on any atom is 0.241 e. The summed E-state index contributed by atoms with van der Waals surface area (Å²) in [4.78, 5) is 14.6. The molecule has 2 aromatic carbocycles. The van der Waals surface area contributed by atoms with Crippen molar-refractivity contribution in [3.8, 4) is 0 Å². The molecule has 3 rings (SSSR count). The van der Waals surface area contributed by atoms with Crippen molar-refractivity contribution in [2.24, 2.45) is 5.92 Å². The molecule has 0 bridgehead atoms. The van der Waals surface area contributed by atoms with E-state index in [2.05, 4.69) is 28.3 Å². The van der Waals surface area contributed by atoms with E-state index >= 15 is 0 Å². The molecule has 3 atom stereocenters. The molecular formula is C20H25FN4O. The largest absolute Gasteiger partial charge is 0.354 e. The fourth-order valence-electron chi connectivity index (χ4n) is 3.43. The molecule has 0 radical (unpaired) electrons. The molecule has 1 heterocycles. The van der Waals surface area contributed by atoms with Crippen LogP contribution in [-0.4, -0.2) is 38.0 Å². The molecule has 0 aliphatic carbocycles. The Hall–Kier alpha value is -2.28. The molecule has 5 nitrogen and oxygen atoms in total. The van der Waals surface area contributed by atoms with Crippen molar-refractivity contribution in [1.29, 1.82) is 0 Å². The molecule has 1 aliphatic heterocycles. The van der Waals surface area contributed by atoms with Gasteiger partial charge in [-0.25, -0.2) is 9.82 Å². The van der Waals surface area contributed by atoms with Crippen LogP contribution in [0.3, 0.4) is 0 Å². The Morgan fingerprint density at radius 2 is 2.00 bits per heavy atom. The van der Waals surface area contributed by atoms with Crippen LogP contribution in [0, 0.1) is 11.7 Å². The average molecular weight is 356 g/mol. The minimum atomic E-state index is -0.525. The van der Waals surface area contributed by atoms with Crippen LogP contribution in [0.2, 0.25) is 0 Å². The van der Waals surface area contributed by atoms with E-state index in [0.717, 1.165) is 6.54 Å². The lowest BCUT2D eigenvalue weighted by Crippen LogP contribution is -2.40. The van der Waals surface area contributed by atoms with Crippen molar-refractivity contribution in [2.75, 3.05) is 27.2 Å². The number of benzene rings is 2. The van der Waals surface area contributed by atoms with E-state index in [4.69, 9.17) is 0 Å². The summed E-state index contributed by atoms with van der Waals surface area (Å²) in [6.45, 7) is 1.31. The second-order valence-corrected chi connectivity index (χ2v) is 6.84. The van der Waals surface area contributed by atoms with E-state index in [1.54, 1.807) is 17.0 Å². The summed E-state index contributed by atoms with van der Waals surface area (Å²) >= 11 is 0. The lowest BCUT2D eigenvalue weighted by molar-refractivity contribution is -0.126. The summed E-state index contributed by atoms with van der Waals surface area (Å²) < 4.78 is 13.6. The molecule has 1 aliphatic rings. The molecule has 3 N–H and O–H groups in total. The van der Waals surface area contributed by atoms with E-state index in [0.29, 0.717) is 12.1 Å². The SMILES string of the molecule is CN(C)C(C(=O)NCC1CNNC1c1ccccc1)c1cccc(F)c1. The lowest BCUT2D eigenvalue weighted by atomic mass is 9.94. The second-order valence-electron chi connectivity index (χ2n) is 6.84. The normalized spacial score (nSPS) is 20.9. The van der Waals surface area contributed by atoms with E-state index in [1.807, 2.05) is 32.3 Å². The number of hydrazine groups is 1. The van der Waals surface area contributed by atoms with Gasteiger partial charge in [-0.15, -0.1) is 0 Å². The predicted molar refractivity (Wildman–Crippen MR) is 99.6 cm³/mol. The average Bonchev–Trinajstić information content (AvgIpc) is 3.09. The molecule has 1 amide bonds. The van der Waals surface area contributed by atoms with Gasteiger partial charge in [-0.2, -0.15) is 0 Å². The van der Waals surface area contributed by atoms with Gasteiger partial charge < -0.3 is 5.32 Å². The van der Waals surface area contributed by atoms with Crippen molar-refractivity contribution in [3.63, 3.8) is 0 Å². The van der Waals surface area contributed by atoms with Gasteiger partial charge >= 0.3 is 0 Å². The van der Waals surface area contributed by atoms with Crippen molar-refractivity contribution in [2.45, 2.75) is 12.1 Å². The number of nitrogens with one attached hydrogen (secondary N) is 3. The van der Waals surface area contributed by atoms with Gasteiger partial charge in [0.2, 0.25) is 5.91 Å². The molecule has 6 heteroatoms. The molecule has 3 unspecified atom stereocenters. The van der Waals surface area contributed by atoms with Gasteiger partial charge in [0.05, 0.1) is 6.04 Å². The summed E-state index contributed by atoms with van der Waals surface area (Å²) in [5.41, 5.74) is 8.29. The van der Waals surface area contributed by atoms with Crippen LogP contribution in [0.15, 0.2) is 54.6 Å². The number of amides is 1. The summed E-state index contributed by atoms with van der Waals surface area (Å²) in [7, 11) is 3.64. The van der Waals surface area contributed by atoms with E-state index in [1.165, 1.54) is 17.7 Å². The number of carbonyl (C=O) groups excluding carboxylic acids is 1. The third kappa shape index (κ3) is 4.27. The first kappa shape index (κ1) is 18.5. The summed E-state index contributed by atoms with van der Waals surface area (Å²) in [5, 5.41) is 3.04. The quantitative estimate of drug-likeness (QED) is 0.741. The second kappa shape index (κ2) is 8.40. The monoisotopic (exact) mass is 356 g/mol. The van der Waals surface area contributed by atoms with Crippen molar-refractivity contribution in [3.05, 3.63) is 71.5 Å². The Morgan fingerprint density at radius 3 is 2.69 bits per heavy atom. The highest BCUT2D eigenvalue weighted by molar-refractivity contribution is 5.83. The Balaban J connectivity index is 1.66. The Kier molecular flexibility index (Phi) is 5.98. The van der Waals surface area contributed by atoms with Crippen LogP contribution in [0.5, 0.6) is 0 Å².